The molecule has 0 aromatic heterocycles. The normalized spacial score (nSPS) is 13.4. The number of sulfonamides is 1. The summed E-state index contributed by atoms with van der Waals surface area (Å²) < 4.78 is 31.5. The molecule has 2 aromatic rings. The van der Waals surface area contributed by atoms with Crippen molar-refractivity contribution in [1.82, 2.24) is 5.32 Å². The minimum Gasteiger partial charge on any atom is -0.494 e. The van der Waals surface area contributed by atoms with Crippen LogP contribution in [0.4, 0.5) is 5.69 Å². The number of benzene rings is 2. The molecule has 2 unspecified atom stereocenters. The number of carbonyl (C=O) groups excluding carboxylic acids is 1. The molecule has 0 saturated carbocycles. The highest BCUT2D eigenvalue weighted by atomic mass is 32.2. The van der Waals surface area contributed by atoms with Crippen LogP contribution in [0.2, 0.25) is 0 Å². The van der Waals surface area contributed by atoms with Crippen LogP contribution in [-0.4, -0.2) is 33.2 Å². The Balaban J connectivity index is 2.27. The Labute approximate surface area is 180 Å². The molecule has 6 nitrogen and oxygen atoms in total. The number of ether oxygens (including phenoxy) is 1. The van der Waals surface area contributed by atoms with E-state index >= 15 is 0 Å². The van der Waals surface area contributed by atoms with Gasteiger partial charge in [0.15, 0.2) is 0 Å². The average Bonchev–Trinajstić information content (AvgIpc) is 2.65. The Morgan fingerprint density at radius 1 is 1.03 bits per heavy atom. The quantitative estimate of drug-likeness (QED) is 0.683. The van der Waals surface area contributed by atoms with E-state index in [1.165, 1.54) is 5.56 Å². The van der Waals surface area contributed by atoms with Gasteiger partial charge in [0.25, 0.3) is 0 Å². The number of rotatable bonds is 8. The standard InChI is InChI=1S/C23H32N2O4S/c1-8-29-21-11-9-20(10-12-21)25(30(7,27)28)19(6)23(26)24-18(5)22-14-16(3)15(2)13-17(22)4/h9-14,18-19H,8H2,1-7H3,(H,24,26). The van der Waals surface area contributed by atoms with Crippen molar-refractivity contribution in [3.8, 4) is 5.75 Å². The SMILES string of the molecule is CCOc1ccc(N(C(C)C(=O)NC(C)c2cc(C)c(C)cc2C)S(C)(=O)=O)cc1. The molecule has 0 fully saturated rings. The number of anilines is 1. The molecule has 0 saturated heterocycles. The third-order valence-corrected chi connectivity index (χ3v) is 6.44. The molecule has 2 aromatic carbocycles. The van der Waals surface area contributed by atoms with Gasteiger partial charge in [-0.25, -0.2) is 8.42 Å². The second kappa shape index (κ2) is 9.51. The second-order valence-electron chi connectivity index (χ2n) is 7.69. The zero-order chi connectivity index (χ0) is 22.6. The monoisotopic (exact) mass is 432 g/mol. The van der Waals surface area contributed by atoms with Crippen molar-refractivity contribution in [2.24, 2.45) is 0 Å². The first-order chi connectivity index (χ1) is 14.0. The largest absolute Gasteiger partial charge is 0.494 e. The summed E-state index contributed by atoms with van der Waals surface area (Å²) in [6, 6.07) is 9.69. The van der Waals surface area contributed by atoms with Gasteiger partial charge in [0.05, 0.1) is 24.6 Å². The van der Waals surface area contributed by atoms with Gasteiger partial charge in [-0.15, -0.1) is 0 Å². The van der Waals surface area contributed by atoms with E-state index in [0.717, 1.165) is 27.3 Å². The van der Waals surface area contributed by atoms with Crippen molar-refractivity contribution in [1.29, 1.82) is 0 Å². The van der Waals surface area contributed by atoms with Gasteiger partial charge in [0.1, 0.15) is 11.8 Å². The van der Waals surface area contributed by atoms with Gasteiger partial charge in [-0.05, 0) is 88.1 Å². The molecule has 2 atom stereocenters. The van der Waals surface area contributed by atoms with Gasteiger partial charge >= 0.3 is 0 Å². The molecular weight excluding hydrogens is 400 g/mol. The first-order valence-corrected chi connectivity index (χ1v) is 11.9. The molecule has 1 N–H and O–H groups in total. The summed E-state index contributed by atoms with van der Waals surface area (Å²) >= 11 is 0. The Kier molecular flexibility index (Phi) is 7.53. The predicted molar refractivity (Wildman–Crippen MR) is 122 cm³/mol. The van der Waals surface area contributed by atoms with E-state index in [1.54, 1.807) is 31.2 Å². The zero-order valence-electron chi connectivity index (χ0n) is 18.8. The molecule has 30 heavy (non-hydrogen) atoms. The van der Waals surface area contributed by atoms with Gasteiger partial charge in [-0.2, -0.15) is 0 Å². The Hall–Kier alpha value is -2.54. The predicted octanol–water partition coefficient (Wildman–Crippen LogP) is 4.04. The van der Waals surface area contributed by atoms with Crippen molar-refractivity contribution in [2.75, 3.05) is 17.2 Å². The van der Waals surface area contributed by atoms with Crippen LogP contribution < -0.4 is 14.4 Å². The van der Waals surface area contributed by atoms with Gasteiger partial charge in [-0.3, -0.25) is 9.10 Å². The van der Waals surface area contributed by atoms with Crippen LogP contribution >= 0.6 is 0 Å². The highest BCUT2D eigenvalue weighted by Gasteiger charge is 2.30. The fourth-order valence-electron chi connectivity index (χ4n) is 3.53. The Morgan fingerprint density at radius 2 is 1.60 bits per heavy atom. The molecule has 0 spiro atoms. The van der Waals surface area contributed by atoms with E-state index < -0.39 is 16.1 Å². The maximum absolute atomic E-state index is 13.0. The van der Waals surface area contributed by atoms with E-state index in [1.807, 2.05) is 27.7 Å². The fourth-order valence-corrected chi connectivity index (χ4v) is 4.70. The third-order valence-electron chi connectivity index (χ3n) is 5.20. The first kappa shape index (κ1) is 23.7. The van der Waals surface area contributed by atoms with Crippen molar-refractivity contribution >= 4 is 21.6 Å². The highest BCUT2D eigenvalue weighted by Crippen LogP contribution is 2.25. The van der Waals surface area contributed by atoms with Crippen LogP contribution in [0.5, 0.6) is 5.75 Å². The number of aryl methyl sites for hydroxylation is 3. The molecule has 0 bridgehead atoms. The Bertz CT molecular complexity index is 1000. The Morgan fingerprint density at radius 3 is 2.13 bits per heavy atom. The third kappa shape index (κ3) is 5.53. The van der Waals surface area contributed by atoms with Gasteiger partial charge in [0, 0.05) is 0 Å². The molecule has 2 rings (SSSR count). The summed E-state index contributed by atoms with van der Waals surface area (Å²) in [6.07, 6.45) is 1.10. The maximum Gasteiger partial charge on any atom is 0.244 e. The van der Waals surface area contributed by atoms with Crippen LogP contribution in [0.25, 0.3) is 0 Å². The highest BCUT2D eigenvalue weighted by molar-refractivity contribution is 7.92. The molecule has 0 radical (unpaired) electrons. The number of amides is 1. The van der Waals surface area contributed by atoms with E-state index in [-0.39, 0.29) is 11.9 Å². The molecule has 0 aliphatic heterocycles. The number of nitrogens with zero attached hydrogens (tertiary/aromatic N) is 1. The summed E-state index contributed by atoms with van der Waals surface area (Å²) in [7, 11) is -3.68. The van der Waals surface area contributed by atoms with Gasteiger partial charge in [-0.1, -0.05) is 12.1 Å². The lowest BCUT2D eigenvalue weighted by Crippen LogP contribution is -2.48. The molecule has 1 amide bonds. The van der Waals surface area contributed by atoms with Crippen LogP contribution in [-0.2, 0) is 14.8 Å². The molecule has 7 heteroatoms. The van der Waals surface area contributed by atoms with Crippen molar-refractivity contribution in [2.45, 2.75) is 53.6 Å². The molecular formula is C23H32N2O4S. The summed E-state index contributed by atoms with van der Waals surface area (Å²) in [4.78, 5) is 13.0. The van der Waals surface area contributed by atoms with Gasteiger partial charge < -0.3 is 10.1 Å². The second-order valence-corrected chi connectivity index (χ2v) is 9.54. The topological polar surface area (TPSA) is 75.7 Å². The van der Waals surface area contributed by atoms with Crippen LogP contribution in [0, 0.1) is 20.8 Å². The molecule has 0 aliphatic rings. The van der Waals surface area contributed by atoms with Crippen LogP contribution in [0.3, 0.4) is 0 Å². The zero-order valence-corrected chi connectivity index (χ0v) is 19.6. The number of hydrogen-bond donors (Lipinski definition) is 1. The van der Waals surface area contributed by atoms with E-state index in [0.29, 0.717) is 18.0 Å². The number of nitrogens with one attached hydrogen (secondary N) is 1. The fraction of sp³-hybridized carbons (Fsp3) is 0.435. The summed E-state index contributed by atoms with van der Waals surface area (Å²) in [5.41, 5.74) is 4.87. The van der Waals surface area contributed by atoms with E-state index in [2.05, 4.69) is 24.4 Å². The molecule has 164 valence electrons. The smallest absolute Gasteiger partial charge is 0.244 e. The van der Waals surface area contributed by atoms with Crippen LogP contribution in [0.15, 0.2) is 36.4 Å². The van der Waals surface area contributed by atoms with E-state index in [4.69, 9.17) is 4.74 Å². The lowest BCUT2D eigenvalue weighted by Gasteiger charge is -2.29. The minimum absolute atomic E-state index is 0.249. The molecule has 0 heterocycles. The summed E-state index contributed by atoms with van der Waals surface area (Å²) in [5, 5.41) is 2.97. The lowest BCUT2D eigenvalue weighted by molar-refractivity contribution is -0.122. The number of carbonyl (C=O) groups is 1. The van der Waals surface area contributed by atoms with Gasteiger partial charge in [0.2, 0.25) is 15.9 Å². The van der Waals surface area contributed by atoms with Crippen molar-refractivity contribution in [3.05, 3.63) is 58.7 Å². The summed E-state index contributed by atoms with van der Waals surface area (Å²) in [5.74, 6) is 0.282. The number of hydrogen-bond acceptors (Lipinski definition) is 4. The van der Waals surface area contributed by atoms with E-state index in [9.17, 15) is 13.2 Å². The van der Waals surface area contributed by atoms with Crippen molar-refractivity contribution in [3.63, 3.8) is 0 Å². The summed E-state index contributed by atoms with van der Waals surface area (Å²) in [6.45, 7) is 12.0. The maximum atomic E-state index is 13.0. The first-order valence-electron chi connectivity index (χ1n) is 10.1. The molecule has 0 aliphatic carbocycles. The van der Waals surface area contributed by atoms with Crippen LogP contribution in [0.1, 0.15) is 49.1 Å². The minimum atomic E-state index is -3.68. The van der Waals surface area contributed by atoms with Crippen molar-refractivity contribution < 1.29 is 17.9 Å². The average molecular weight is 433 g/mol. The lowest BCUT2D eigenvalue weighted by atomic mass is 9.96.